The first-order valence-corrected chi connectivity index (χ1v) is 7.63. The van der Waals surface area contributed by atoms with E-state index in [1.807, 2.05) is 6.26 Å². The number of nitro groups is 1. The van der Waals surface area contributed by atoms with Crippen molar-refractivity contribution in [3.05, 3.63) is 45.5 Å². The number of nitrogens with one attached hydrogen (secondary N) is 1. The normalized spacial score (nSPS) is 10.5. The van der Waals surface area contributed by atoms with Gasteiger partial charge in [0.25, 0.3) is 5.69 Å². The maximum Gasteiger partial charge on any atom is 0.270 e. The molecular weight excluding hydrogens is 310 g/mol. The predicted molar refractivity (Wildman–Crippen MR) is 82.9 cm³/mol. The molecule has 7 nitrogen and oxygen atoms in total. The Labute approximate surface area is 128 Å². The molecule has 106 valence electrons. The third kappa shape index (κ3) is 3.56. The van der Waals surface area contributed by atoms with Gasteiger partial charge in [0.1, 0.15) is 21.7 Å². The number of nitrogens with zero attached hydrogens (tertiary/aromatic N) is 4. The van der Waals surface area contributed by atoms with Crippen LogP contribution in [0, 0.1) is 21.4 Å². The summed E-state index contributed by atoms with van der Waals surface area (Å²) in [4.78, 5) is 10.2. The van der Waals surface area contributed by atoms with Gasteiger partial charge < -0.3 is 0 Å². The lowest BCUT2D eigenvalue weighted by molar-refractivity contribution is -0.384. The molecule has 1 N–H and O–H groups in total. The maximum absolute atomic E-state index is 10.7. The van der Waals surface area contributed by atoms with Crippen molar-refractivity contribution in [1.82, 2.24) is 4.37 Å². The number of hydrogen-bond acceptors (Lipinski definition) is 8. The van der Waals surface area contributed by atoms with Crippen LogP contribution in [0.2, 0.25) is 0 Å². The molecule has 0 aliphatic rings. The lowest BCUT2D eigenvalue weighted by atomic mass is 10.2. The van der Waals surface area contributed by atoms with E-state index < -0.39 is 4.92 Å². The lowest BCUT2D eigenvalue weighted by Crippen LogP contribution is -1.92. The van der Waals surface area contributed by atoms with Gasteiger partial charge >= 0.3 is 0 Å². The second kappa shape index (κ2) is 6.83. The number of aromatic nitrogens is 1. The first-order valence-electron chi connectivity index (χ1n) is 5.63. The van der Waals surface area contributed by atoms with E-state index >= 15 is 0 Å². The minimum atomic E-state index is -0.466. The minimum absolute atomic E-state index is 0.000812. The summed E-state index contributed by atoms with van der Waals surface area (Å²) in [7, 11) is 0. The van der Waals surface area contributed by atoms with Crippen LogP contribution in [0.5, 0.6) is 0 Å². The molecule has 0 atom stereocenters. The molecule has 21 heavy (non-hydrogen) atoms. The van der Waals surface area contributed by atoms with Gasteiger partial charge in [-0.25, -0.2) is 0 Å². The smallest absolute Gasteiger partial charge is 0.266 e. The number of non-ortho nitro benzene ring substituents is 1. The molecule has 2 rings (SSSR count). The highest BCUT2D eigenvalue weighted by Crippen LogP contribution is 2.29. The first-order chi connectivity index (χ1) is 10.2. The summed E-state index contributed by atoms with van der Waals surface area (Å²) in [5.74, 6) is 0. The zero-order chi connectivity index (χ0) is 15.2. The molecule has 0 spiro atoms. The van der Waals surface area contributed by atoms with Crippen molar-refractivity contribution < 1.29 is 4.92 Å². The summed E-state index contributed by atoms with van der Waals surface area (Å²) in [6, 6.07) is 8.17. The van der Waals surface area contributed by atoms with Crippen molar-refractivity contribution in [3.8, 4) is 6.07 Å². The number of benzene rings is 1. The zero-order valence-electron chi connectivity index (χ0n) is 10.8. The van der Waals surface area contributed by atoms with Gasteiger partial charge in [-0.1, -0.05) is 12.1 Å². The molecule has 0 radical (unpaired) electrons. The summed E-state index contributed by atoms with van der Waals surface area (Å²) in [5, 5.41) is 24.9. The van der Waals surface area contributed by atoms with Crippen molar-refractivity contribution >= 4 is 40.2 Å². The van der Waals surface area contributed by atoms with Crippen LogP contribution < -0.4 is 5.43 Å². The van der Waals surface area contributed by atoms with Gasteiger partial charge in [0.05, 0.1) is 11.1 Å². The van der Waals surface area contributed by atoms with Gasteiger partial charge in [-0.05, 0) is 17.8 Å². The molecule has 1 heterocycles. The van der Waals surface area contributed by atoms with E-state index in [0.29, 0.717) is 21.2 Å². The SMILES string of the molecule is CSc1nsc(N/N=C\c2cccc([N+](=O)[O-])c2)c1C#N. The summed E-state index contributed by atoms with van der Waals surface area (Å²) in [6.07, 6.45) is 3.29. The van der Waals surface area contributed by atoms with Crippen molar-refractivity contribution in [1.29, 1.82) is 5.26 Å². The number of nitriles is 1. The lowest BCUT2D eigenvalue weighted by Gasteiger charge is -1.96. The molecule has 0 aliphatic heterocycles. The molecule has 0 bridgehead atoms. The van der Waals surface area contributed by atoms with E-state index in [-0.39, 0.29) is 5.69 Å². The van der Waals surface area contributed by atoms with Crippen LogP contribution in [0.15, 0.2) is 34.4 Å². The van der Waals surface area contributed by atoms with Gasteiger partial charge in [0.15, 0.2) is 0 Å². The number of hydrogen-bond donors (Lipinski definition) is 1. The van der Waals surface area contributed by atoms with E-state index in [9.17, 15) is 10.1 Å². The Morgan fingerprint density at radius 1 is 1.62 bits per heavy atom. The molecule has 0 aliphatic carbocycles. The first kappa shape index (κ1) is 15.0. The predicted octanol–water partition coefficient (Wildman–Crippen LogP) is 3.09. The second-order valence-electron chi connectivity index (χ2n) is 3.73. The third-order valence-electron chi connectivity index (χ3n) is 2.43. The molecule has 1 aromatic heterocycles. The fraction of sp³-hybridized carbons (Fsp3) is 0.0833. The average molecular weight is 319 g/mol. The van der Waals surface area contributed by atoms with Crippen LogP contribution in [-0.2, 0) is 0 Å². The molecule has 0 fully saturated rings. The van der Waals surface area contributed by atoms with Gasteiger partial charge in [0, 0.05) is 17.7 Å². The Hall–Kier alpha value is -2.44. The molecule has 2 aromatic rings. The molecule has 1 aromatic carbocycles. The van der Waals surface area contributed by atoms with Crippen molar-refractivity contribution in [2.24, 2.45) is 5.10 Å². The Morgan fingerprint density at radius 2 is 2.43 bits per heavy atom. The summed E-state index contributed by atoms with van der Waals surface area (Å²) in [6.45, 7) is 0. The standard InChI is InChI=1S/C12H9N5O2S2/c1-20-12-10(6-13)11(21-16-12)15-14-7-8-3-2-4-9(5-8)17(18)19/h2-5,7,15H,1H3/b14-7-. The van der Waals surface area contributed by atoms with Crippen LogP contribution in [0.1, 0.15) is 11.1 Å². The number of nitro benzene ring substituents is 1. The van der Waals surface area contributed by atoms with Crippen molar-refractivity contribution in [2.45, 2.75) is 5.03 Å². The second-order valence-corrected chi connectivity index (χ2v) is 5.30. The van der Waals surface area contributed by atoms with Crippen LogP contribution in [0.4, 0.5) is 10.7 Å². The fourth-order valence-corrected chi connectivity index (χ4v) is 2.89. The van der Waals surface area contributed by atoms with E-state index in [0.717, 1.165) is 11.5 Å². The Kier molecular flexibility index (Phi) is 4.86. The van der Waals surface area contributed by atoms with Crippen molar-refractivity contribution in [3.63, 3.8) is 0 Å². The number of rotatable bonds is 5. The highest BCUT2D eigenvalue weighted by Gasteiger charge is 2.11. The van der Waals surface area contributed by atoms with Gasteiger partial charge in [-0.2, -0.15) is 14.7 Å². The van der Waals surface area contributed by atoms with Gasteiger partial charge in [0.2, 0.25) is 0 Å². The molecule has 0 unspecified atom stereocenters. The molecule has 0 amide bonds. The van der Waals surface area contributed by atoms with Crippen LogP contribution in [-0.4, -0.2) is 21.8 Å². The number of anilines is 1. The summed E-state index contributed by atoms with van der Waals surface area (Å²) in [5.41, 5.74) is 3.77. The van der Waals surface area contributed by atoms with E-state index in [2.05, 4.69) is 21.0 Å². The Bertz CT molecular complexity index is 735. The van der Waals surface area contributed by atoms with Crippen LogP contribution >= 0.6 is 23.3 Å². The van der Waals surface area contributed by atoms with Gasteiger partial charge in [-0.15, -0.1) is 11.8 Å². The topological polar surface area (TPSA) is 104 Å². The molecule has 0 saturated heterocycles. The summed E-state index contributed by atoms with van der Waals surface area (Å²) < 4.78 is 4.12. The highest BCUT2D eigenvalue weighted by molar-refractivity contribution is 7.98. The molecular formula is C12H9N5O2S2. The highest BCUT2D eigenvalue weighted by atomic mass is 32.2. The Morgan fingerprint density at radius 3 is 3.10 bits per heavy atom. The van der Waals surface area contributed by atoms with E-state index in [1.165, 1.54) is 30.1 Å². The molecule has 0 saturated carbocycles. The van der Waals surface area contributed by atoms with Crippen LogP contribution in [0.3, 0.4) is 0 Å². The van der Waals surface area contributed by atoms with Crippen LogP contribution in [0.25, 0.3) is 0 Å². The number of thioether (sulfide) groups is 1. The van der Waals surface area contributed by atoms with E-state index in [4.69, 9.17) is 5.26 Å². The summed E-state index contributed by atoms with van der Waals surface area (Å²) >= 11 is 2.53. The maximum atomic E-state index is 10.7. The molecule has 9 heteroatoms. The van der Waals surface area contributed by atoms with Crippen molar-refractivity contribution in [2.75, 3.05) is 11.7 Å². The van der Waals surface area contributed by atoms with E-state index in [1.54, 1.807) is 12.1 Å². The minimum Gasteiger partial charge on any atom is -0.266 e. The zero-order valence-corrected chi connectivity index (χ0v) is 12.4. The average Bonchev–Trinajstić information content (AvgIpc) is 2.89. The monoisotopic (exact) mass is 319 g/mol. The fourth-order valence-electron chi connectivity index (χ4n) is 1.47. The largest absolute Gasteiger partial charge is 0.270 e. The third-order valence-corrected chi connectivity index (χ3v) is 3.98. The quantitative estimate of drug-likeness (QED) is 0.393. The Balaban J connectivity index is 2.13. The number of hydrazone groups is 1. The van der Waals surface area contributed by atoms with Gasteiger partial charge in [-0.3, -0.25) is 15.5 Å².